The van der Waals surface area contributed by atoms with E-state index in [1.807, 2.05) is 30.3 Å². The molecule has 0 unspecified atom stereocenters. The minimum absolute atomic E-state index is 0.0484. The van der Waals surface area contributed by atoms with Crippen LogP contribution in [0.5, 0.6) is 0 Å². The zero-order valence-corrected chi connectivity index (χ0v) is 15.6. The first-order chi connectivity index (χ1) is 13.1. The average molecular weight is 360 g/mol. The van der Waals surface area contributed by atoms with Crippen molar-refractivity contribution in [3.8, 4) is 11.3 Å². The lowest BCUT2D eigenvalue weighted by Crippen LogP contribution is -2.32. The van der Waals surface area contributed by atoms with Gasteiger partial charge in [0.15, 0.2) is 11.7 Å². The van der Waals surface area contributed by atoms with Gasteiger partial charge in [-0.25, -0.2) is 4.98 Å². The van der Waals surface area contributed by atoms with Gasteiger partial charge >= 0.3 is 0 Å². The second-order valence-electron chi connectivity index (χ2n) is 7.41. The lowest BCUT2D eigenvalue weighted by Gasteiger charge is -2.16. The maximum atomic E-state index is 12.3. The fraction of sp³-hybridized carbons (Fsp3) is 0.304. The third kappa shape index (κ3) is 4.11. The minimum atomic E-state index is 0.0484. The van der Waals surface area contributed by atoms with Crippen molar-refractivity contribution in [1.29, 1.82) is 0 Å². The van der Waals surface area contributed by atoms with Gasteiger partial charge in [0.1, 0.15) is 0 Å². The normalized spacial score (nSPS) is 14.7. The molecule has 0 atom stereocenters. The van der Waals surface area contributed by atoms with Crippen LogP contribution in [0.3, 0.4) is 0 Å². The molecular weight excluding hydrogens is 336 g/mol. The lowest BCUT2D eigenvalue weighted by atomic mass is 9.96. The monoisotopic (exact) mass is 360 g/mol. The van der Waals surface area contributed by atoms with Gasteiger partial charge in [0.05, 0.1) is 6.20 Å². The molecule has 0 bridgehead atoms. The first-order valence-corrected chi connectivity index (χ1v) is 9.49. The summed E-state index contributed by atoms with van der Waals surface area (Å²) in [4.78, 5) is 16.6. The molecule has 1 heterocycles. The van der Waals surface area contributed by atoms with Gasteiger partial charge in [-0.1, -0.05) is 60.2 Å². The number of benzene rings is 2. The topological polar surface area (TPSA) is 55.1 Å². The maximum Gasteiger partial charge on any atom is 0.220 e. The van der Waals surface area contributed by atoms with E-state index in [1.54, 1.807) is 6.20 Å². The van der Waals surface area contributed by atoms with Crippen molar-refractivity contribution in [1.82, 2.24) is 10.3 Å². The minimum Gasteiger partial charge on any atom is -0.441 e. The Morgan fingerprint density at radius 2 is 1.85 bits per heavy atom. The largest absolute Gasteiger partial charge is 0.441 e. The highest BCUT2D eigenvalue weighted by Gasteiger charge is 2.44. The molecule has 0 radical (unpaired) electrons. The summed E-state index contributed by atoms with van der Waals surface area (Å²) in [6.07, 6.45) is 4.90. The molecule has 2 aromatic carbocycles. The zero-order chi connectivity index (χ0) is 18.7. The van der Waals surface area contributed by atoms with Crippen LogP contribution in [-0.2, 0) is 16.6 Å². The van der Waals surface area contributed by atoms with Gasteiger partial charge < -0.3 is 9.73 Å². The van der Waals surface area contributed by atoms with Gasteiger partial charge in [0, 0.05) is 30.4 Å². The molecule has 1 aliphatic rings. The molecule has 1 aliphatic carbocycles. The van der Waals surface area contributed by atoms with E-state index in [1.165, 1.54) is 11.1 Å². The van der Waals surface area contributed by atoms with Crippen LogP contribution in [0.2, 0.25) is 0 Å². The molecule has 1 fully saturated rings. The van der Waals surface area contributed by atoms with Crippen molar-refractivity contribution in [3.63, 3.8) is 0 Å². The number of aryl methyl sites for hydroxylation is 2. The molecule has 0 spiro atoms. The molecule has 1 aromatic heterocycles. The van der Waals surface area contributed by atoms with E-state index >= 15 is 0 Å². The molecule has 1 amide bonds. The van der Waals surface area contributed by atoms with Crippen molar-refractivity contribution >= 4 is 5.91 Å². The highest BCUT2D eigenvalue weighted by atomic mass is 16.4. The van der Waals surface area contributed by atoms with E-state index in [9.17, 15) is 4.79 Å². The van der Waals surface area contributed by atoms with E-state index in [-0.39, 0.29) is 11.3 Å². The molecule has 4 nitrogen and oxygen atoms in total. The molecule has 0 saturated heterocycles. The van der Waals surface area contributed by atoms with Gasteiger partial charge in [0.25, 0.3) is 0 Å². The highest BCUT2D eigenvalue weighted by molar-refractivity contribution is 5.76. The third-order valence-electron chi connectivity index (χ3n) is 5.32. The molecule has 3 aromatic rings. The van der Waals surface area contributed by atoms with E-state index in [0.717, 1.165) is 24.2 Å². The van der Waals surface area contributed by atoms with E-state index in [2.05, 4.69) is 41.5 Å². The van der Waals surface area contributed by atoms with Gasteiger partial charge in [0.2, 0.25) is 5.91 Å². The molecule has 138 valence electrons. The SMILES string of the molecule is Cc1ccc(-c2cnc(CCC(=O)NCC3(c4ccccc4)CC3)o2)cc1. The molecule has 1 saturated carbocycles. The van der Waals surface area contributed by atoms with Crippen LogP contribution < -0.4 is 5.32 Å². The molecule has 1 N–H and O–H groups in total. The number of aromatic nitrogens is 1. The molecule has 4 heteroatoms. The highest BCUT2D eigenvalue weighted by Crippen LogP contribution is 2.47. The quantitative estimate of drug-likeness (QED) is 0.678. The predicted molar refractivity (Wildman–Crippen MR) is 105 cm³/mol. The first-order valence-electron chi connectivity index (χ1n) is 9.49. The van der Waals surface area contributed by atoms with Crippen LogP contribution >= 0.6 is 0 Å². The number of rotatable bonds is 7. The molecule has 0 aliphatic heterocycles. The van der Waals surface area contributed by atoms with Crippen LogP contribution in [-0.4, -0.2) is 17.4 Å². The summed E-state index contributed by atoms with van der Waals surface area (Å²) in [5.74, 6) is 1.39. The Balaban J connectivity index is 1.28. The number of oxazole rings is 1. The van der Waals surface area contributed by atoms with E-state index < -0.39 is 0 Å². The van der Waals surface area contributed by atoms with Crippen LogP contribution in [0.1, 0.15) is 36.3 Å². The number of carbonyl (C=O) groups excluding carboxylic acids is 1. The average Bonchev–Trinajstić information content (AvgIpc) is 3.35. The van der Waals surface area contributed by atoms with Gasteiger partial charge in [-0.15, -0.1) is 0 Å². The Morgan fingerprint density at radius 3 is 2.56 bits per heavy atom. The standard InChI is InChI=1S/C23H24N2O2/c1-17-7-9-18(10-8-17)20-15-24-22(27-20)12-11-21(26)25-16-23(13-14-23)19-5-3-2-4-6-19/h2-10,15H,11-14,16H2,1H3,(H,25,26). The fourth-order valence-corrected chi connectivity index (χ4v) is 3.36. The van der Waals surface area contributed by atoms with E-state index in [4.69, 9.17) is 4.42 Å². The maximum absolute atomic E-state index is 12.3. The van der Waals surface area contributed by atoms with Gasteiger partial charge in [-0.2, -0.15) is 0 Å². The third-order valence-corrected chi connectivity index (χ3v) is 5.32. The summed E-state index contributed by atoms with van der Waals surface area (Å²) in [5.41, 5.74) is 3.67. The Kier molecular flexibility index (Phi) is 4.80. The van der Waals surface area contributed by atoms with Crippen molar-refractivity contribution in [2.24, 2.45) is 0 Å². The number of nitrogens with one attached hydrogen (secondary N) is 1. The summed E-state index contributed by atoms with van der Waals surface area (Å²) in [6, 6.07) is 18.6. The summed E-state index contributed by atoms with van der Waals surface area (Å²) in [5, 5.41) is 3.09. The van der Waals surface area contributed by atoms with Crippen LogP contribution in [0, 0.1) is 6.92 Å². The Labute approximate surface area is 159 Å². The van der Waals surface area contributed by atoms with Crippen molar-refractivity contribution < 1.29 is 9.21 Å². The summed E-state index contributed by atoms with van der Waals surface area (Å²) in [7, 11) is 0. The fourth-order valence-electron chi connectivity index (χ4n) is 3.36. The second kappa shape index (κ2) is 7.39. The number of nitrogens with zero attached hydrogens (tertiary/aromatic N) is 1. The Morgan fingerprint density at radius 1 is 1.11 bits per heavy atom. The summed E-state index contributed by atoms with van der Waals surface area (Å²) >= 11 is 0. The summed E-state index contributed by atoms with van der Waals surface area (Å²) < 4.78 is 5.80. The Hall–Kier alpha value is -2.88. The van der Waals surface area contributed by atoms with Crippen molar-refractivity contribution in [2.75, 3.05) is 6.54 Å². The Bertz CT molecular complexity index is 909. The van der Waals surface area contributed by atoms with Crippen LogP contribution in [0.15, 0.2) is 65.2 Å². The van der Waals surface area contributed by atoms with Crippen LogP contribution in [0.4, 0.5) is 0 Å². The second-order valence-corrected chi connectivity index (χ2v) is 7.41. The first kappa shape index (κ1) is 17.5. The number of carbonyl (C=O) groups is 1. The summed E-state index contributed by atoms with van der Waals surface area (Å²) in [6.45, 7) is 2.76. The molecule has 27 heavy (non-hydrogen) atoms. The number of hydrogen-bond acceptors (Lipinski definition) is 3. The molecular formula is C23H24N2O2. The van der Waals surface area contributed by atoms with Crippen molar-refractivity contribution in [2.45, 2.75) is 38.0 Å². The molecule has 4 rings (SSSR count). The van der Waals surface area contributed by atoms with Gasteiger partial charge in [-0.05, 0) is 25.3 Å². The number of hydrogen-bond donors (Lipinski definition) is 1. The van der Waals surface area contributed by atoms with Gasteiger partial charge in [-0.3, -0.25) is 4.79 Å². The van der Waals surface area contributed by atoms with E-state index in [0.29, 0.717) is 25.3 Å². The smallest absolute Gasteiger partial charge is 0.220 e. The predicted octanol–water partition coefficient (Wildman–Crippen LogP) is 4.43. The zero-order valence-electron chi connectivity index (χ0n) is 15.6. The lowest BCUT2D eigenvalue weighted by molar-refractivity contribution is -0.121. The van der Waals surface area contributed by atoms with Crippen molar-refractivity contribution in [3.05, 3.63) is 77.8 Å². The number of amides is 1. The van der Waals surface area contributed by atoms with Crippen LogP contribution in [0.25, 0.3) is 11.3 Å².